The molecular weight excluding hydrogens is 603 g/mol. The first-order valence-electron chi connectivity index (χ1n) is 12.4. The van der Waals surface area contributed by atoms with Crippen molar-refractivity contribution in [3.8, 4) is 0 Å². The Hall–Kier alpha value is -2.02. The van der Waals surface area contributed by atoms with E-state index in [1.165, 1.54) is 0 Å². The minimum atomic E-state index is -0.478. The van der Waals surface area contributed by atoms with Crippen molar-refractivity contribution >= 4 is 49.2 Å². The molecule has 1 aromatic heterocycles. The fourth-order valence-corrected chi connectivity index (χ4v) is 5.27. The van der Waals surface area contributed by atoms with E-state index in [-0.39, 0.29) is 30.1 Å². The smallest absolute Gasteiger partial charge is 0.410 e. The molecule has 1 aliphatic rings. The summed E-state index contributed by atoms with van der Waals surface area (Å²) in [6.45, 7) is 11.5. The number of anilines is 2. The van der Waals surface area contributed by atoms with Crippen molar-refractivity contribution in [2.24, 2.45) is 0 Å². The third-order valence-electron chi connectivity index (χ3n) is 6.14. The van der Waals surface area contributed by atoms with E-state index in [0.29, 0.717) is 26.3 Å². The van der Waals surface area contributed by atoms with E-state index in [1.807, 2.05) is 20.8 Å². The molecule has 1 fully saturated rings. The summed E-state index contributed by atoms with van der Waals surface area (Å²) in [5.74, 6) is 0. The SMILES string of the molecule is COCCN(CCOC)c1ccc2nc3ccc(N4CCN(C(=O)OC(C)(C)C)CC4)cc3[s+]c2c1.[I-]. The number of carbonyl (C=O) groups is 1. The highest BCUT2D eigenvalue weighted by molar-refractivity contribution is 7.24. The quantitative estimate of drug-likeness (QED) is 0.212. The second-order valence-electron chi connectivity index (χ2n) is 9.95. The van der Waals surface area contributed by atoms with Gasteiger partial charge in [0.1, 0.15) is 16.6 Å². The zero-order chi connectivity index (χ0) is 25.7. The standard InChI is InChI=1S/C27H37N4O4S.HI/c1-27(2,3)35-26(32)31-12-10-29(11-13-31)20-6-8-22-24(18-20)36-25-19-21(7-9-23(25)28-22)30(14-16-33-4)15-17-34-5;/h6-9,18-19H,10-17H2,1-5H3;1H/q+1;/p-1. The number of aromatic nitrogens is 1. The molecule has 0 spiro atoms. The lowest BCUT2D eigenvalue weighted by atomic mass is 10.2. The van der Waals surface area contributed by atoms with E-state index in [2.05, 4.69) is 46.2 Å². The van der Waals surface area contributed by atoms with Crippen LogP contribution < -0.4 is 33.8 Å². The number of carbonyl (C=O) groups excluding carboxylic acids is 1. The molecule has 0 bridgehead atoms. The zero-order valence-electron chi connectivity index (χ0n) is 22.3. The summed E-state index contributed by atoms with van der Waals surface area (Å²) in [6.07, 6.45) is -0.237. The van der Waals surface area contributed by atoms with Crippen molar-refractivity contribution in [1.82, 2.24) is 9.88 Å². The van der Waals surface area contributed by atoms with E-state index in [0.717, 1.165) is 58.0 Å². The number of fused-ring (bicyclic) bond motifs is 2. The molecular formula is C27H37IN4O4S. The van der Waals surface area contributed by atoms with E-state index in [1.54, 1.807) is 30.5 Å². The predicted molar refractivity (Wildman–Crippen MR) is 148 cm³/mol. The molecule has 1 amide bonds. The Morgan fingerprint density at radius 1 is 0.946 bits per heavy atom. The van der Waals surface area contributed by atoms with Crippen LogP contribution in [-0.4, -0.2) is 88.3 Å². The summed E-state index contributed by atoms with van der Waals surface area (Å²) in [7, 11) is 3.45. The molecule has 10 heteroatoms. The van der Waals surface area contributed by atoms with Crippen LogP contribution >= 0.6 is 11.3 Å². The normalized spacial score (nSPS) is 14.1. The van der Waals surface area contributed by atoms with E-state index in [4.69, 9.17) is 19.2 Å². The number of methoxy groups -OCH3 is 2. The lowest BCUT2D eigenvalue weighted by molar-refractivity contribution is -0.0000513. The molecule has 37 heavy (non-hydrogen) atoms. The fraction of sp³-hybridized carbons (Fsp3) is 0.519. The van der Waals surface area contributed by atoms with Gasteiger partial charge in [-0.3, -0.25) is 0 Å². The Morgan fingerprint density at radius 2 is 1.54 bits per heavy atom. The molecule has 0 radical (unpaired) electrons. The van der Waals surface area contributed by atoms with Crippen LogP contribution in [0, 0.1) is 0 Å². The monoisotopic (exact) mass is 640 g/mol. The van der Waals surface area contributed by atoms with Gasteiger partial charge in [-0.15, -0.1) is 0 Å². The number of hydrogen-bond donors (Lipinski definition) is 0. The summed E-state index contributed by atoms with van der Waals surface area (Å²) < 4.78 is 18.4. The van der Waals surface area contributed by atoms with Crippen molar-refractivity contribution < 1.29 is 43.0 Å². The van der Waals surface area contributed by atoms with Crippen LogP contribution in [0.25, 0.3) is 20.4 Å². The topological polar surface area (TPSA) is 67.4 Å². The number of benzene rings is 2. The Bertz CT molecular complexity index is 1190. The van der Waals surface area contributed by atoms with Crippen LogP contribution in [0.2, 0.25) is 0 Å². The van der Waals surface area contributed by atoms with Crippen molar-refractivity contribution in [1.29, 1.82) is 0 Å². The third kappa shape index (κ3) is 7.75. The molecule has 8 nitrogen and oxygen atoms in total. The van der Waals surface area contributed by atoms with E-state index in [9.17, 15) is 4.79 Å². The van der Waals surface area contributed by atoms with Crippen LogP contribution in [0.4, 0.5) is 16.2 Å². The predicted octanol–water partition coefficient (Wildman–Crippen LogP) is 1.89. The highest BCUT2D eigenvalue weighted by atomic mass is 127. The van der Waals surface area contributed by atoms with Crippen LogP contribution in [0.5, 0.6) is 0 Å². The zero-order valence-corrected chi connectivity index (χ0v) is 25.3. The fourth-order valence-electron chi connectivity index (χ4n) is 4.24. The Labute approximate surface area is 240 Å². The summed E-state index contributed by atoms with van der Waals surface area (Å²) >= 11 is 1.76. The molecule has 0 N–H and O–H groups in total. The molecule has 3 aromatic rings. The first-order valence-corrected chi connectivity index (χ1v) is 13.2. The molecule has 4 rings (SSSR count). The summed E-state index contributed by atoms with van der Waals surface area (Å²) in [5.41, 5.74) is 3.80. The molecule has 202 valence electrons. The van der Waals surface area contributed by atoms with Gasteiger partial charge in [0.2, 0.25) is 11.3 Å². The number of ether oxygens (including phenoxy) is 3. The number of hydrogen-bond acceptors (Lipinski definition) is 7. The highest BCUT2D eigenvalue weighted by Gasteiger charge is 2.26. The van der Waals surface area contributed by atoms with Crippen LogP contribution in [0.15, 0.2) is 36.4 Å². The summed E-state index contributed by atoms with van der Waals surface area (Å²) in [4.78, 5) is 23.7. The average molecular weight is 641 g/mol. The maximum atomic E-state index is 12.4. The minimum absolute atomic E-state index is 0. The van der Waals surface area contributed by atoms with Gasteiger partial charge in [0, 0.05) is 77.0 Å². The molecule has 0 unspecified atom stereocenters. The lowest BCUT2D eigenvalue weighted by Gasteiger charge is -2.36. The van der Waals surface area contributed by atoms with E-state index < -0.39 is 5.60 Å². The van der Waals surface area contributed by atoms with Gasteiger partial charge in [0.25, 0.3) is 9.40 Å². The lowest BCUT2D eigenvalue weighted by Crippen LogP contribution is -3.00. The van der Waals surface area contributed by atoms with Gasteiger partial charge in [0.05, 0.1) is 13.2 Å². The second-order valence-corrected chi connectivity index (χ2v) is 11.0. The molecule has 0 atom stereocenters. The number of amides is 1. The van der Waals surface area contributed by atoms with Crippen molar-refractivity contribution in [3.63, 3.8) is 0 Å². The number of rotatable bonds is 8. The van der Waals surface area contributed by atoms with Crippen molar-refractivity contribution in [2.75, 3.05) is 76.5 Å². The van der Waals surface area contributed by atoms with Gasteiger partial charge in [-0.2, -0.15) is 0 Å². The number of halogens is 1. The Morgan fingerprint density at radius 3 is 2.14 bits per heavy atom. The maximum absolute atomic E-state index is 12.4. The van der Waals surface area contributed by atoms with Crippen LogP contribution in [0.1, 0.15) is 20.8 Å². The summed E-state index contributed by atoms with van der Waals surface area (Å²) in [6, 6.07) is 12.9. The first kappa shape index (κ1) is 29.5. The Kier molecular flexibility index (Phi) is 10.5. The number of nitrogens with zero attached hydrogens (tertiary/aromatic N) is 4. The van der Waals surface area contributed by atoms with Crippen LogP contribution in [-0.2, 0) is 14.2 Å². The van der Waals surface area contributed by atoms with Gasteiger partial charge in [-0.1, -0.05) is 0 Å². The minimum Gasteiger partial charge on any atom is -1.00 e. The number of piperazine rings is 1. The Balaban J connectivity index is 0.00000380. The van der Waals surface area contributed by atoms with Gasteiger partial charge >= 0.3 is 6.09 Å². The van der Waals surface area contributed by atoms with Crippen LogP contribution in [0.3, 0.4) is 0 Å². The van der Waals surface area contributed by atoms with Crippen molar-refractivity contribution in [2.45, 2.75) is 26.4 Å². The van der Waals surface area contributed by atoms with Crippen molar-refractivity contribution in [3.05, 3.63) is 36.4 Å². The largest absolute Gasteiger partial charge is 1.00 e. The maximum Gasteiger partial charge on any atom is 0.410 e. The first-order chi connectivity index (χ1) is 17.3. The highest BCUT2D eigenvalue weighted by Crippen LogP contribution is 2.32. The molecule has 1 aliphatic heterocycles. The average Bonchev–Trinajstić information content (AvgIpc) is 2.86. The van der Waals surface area contributed by atoms with E-state index >= 15 is 0 Å². The van der Waals surface area contributed by atoms with Gasteiger partial charge in [-0.05, 0) is 45.0 Å². The van der Waals surface area contributed by atoms with Gasteiger partial charge in [0.15, 0.2) is 0 Å². The molecule has 2 aromatic carbocycles. The second kappa shape index (κ2) is 13.2. The molecule has 1 saturated heterocycles. The van der Waals surface area contributed by atoms with Gasteiger partial charge < -0.3 is 52.9 Å². The molecule has 0 saturated carbocycles. The third-order valence-corrected chi connectivity index (χ3v) is 7.23. The van der Waals surface area contributed by atoms with Gasteiger partial charge in [-0.25, -0.2) is 9.78 Å². The summed E-state index contributed by atoms with van der Waals surface area (Å²) in [5, 5.41) is 0. The molecule has 2 heterocycles. The molecule has 0 aliphatic carbocycles.